The third kappa shape index (κ3) is 1.64. The molecular formula is C8H15ClO. The molecule has 0 bridgehead atoms. The Bertz CT molecular complexity index is 116. The van der Waals surface area contributed by atoms with Crippen molar-refractivity contribution in [2.45, 2.75) is 19.8 Å². The molecule has 0 heterocycles. The molecule has 0 spiro atoms. The van der Waals surface area contributed by atoms with E-state index >= 15 is 0 Å². The Morgan fingerprint density at radius 3 is 2.80 bits per heavy atom. The molecule has 1 fully saturated rings. The van der Waals surface area contributed by atoms with Gasteiger partial charge in [-0.25, -0.2) is 0 Å². The van der Waals surface area contributed by atoms with E-state index in [1.807, 2.05) is 0 Å². The molecule has 0 radical (unpaired) electrons. The molecule has 0 aromatic heterocycles. The van der Waals surface area contributed by atoms with E-state index in [1.54, 1.807) is 7.11 Å². The van der Waals surface area contributed by atoms with Crippen LogP contribution in [0.5, 0.6) is 0 Å². The zero-order valence-electron chi connectivity index (χ0n) is 6.69. The Hall–Kier alpha value is 0.250. The van der Waals surface area contributed by atoms with Crippen molar-refractivity contribution in [2.24, 2.45) is 11.3 Å². The summed E-state index contributed by atoms with van der Waals surface area (Å²) in [6.07, 6.45) is 2.46. The molecule has 1 saturated carbocycles. The maximum Gasteiger partial charge on any atom is 0.0467 e. The highest BCUT2D eigenvalue weighted by molar-refractivity contribution is 6.18. The number of rotatable bonds is 4. The Morgan fingerprint density at radius 1 is 1.70 bits per heavy atom. The van der Waals surface area contributed by atoms with Crippen molar-refractivity contribution in [2.75, 3.05) is 19.6 Å². The highest BCUT2D eigenvalue weighted by Gasteiger charge is 2.48. The minimum Gasteiger partial charge on any atom is -0.385 e. The van der Waals surface area contributed by atoms with Gasteiger partial charge >= 0.3 is 0 Å². The van der Waals surface area contributed by atoms with Crippen LogP contribution in [-0.4, -0.2) is 19.6 Å². The van der Waals surface area contributed by atoms with Gasteiger partial charge in [-0.05, 0) is 24.2 Å². The molecule has 1 nitrogen and oxygen atoms in total. The maximum absolute atomic E-state index is 5.72. The molecule has 0 N–H and O–H groups in total. The molecule has 2 unspecified atom stereocenters. The summed E-state index contributed by atoms with van der Waals surface area (Å²) in [7, 11) is 1.75. The summed E-state index contributed by atoms with van der Waals surface area (Å²) in [6.45, 7) is 3.17. The predicted octanol–water partition coefficient (Wildman–Crippen LogP) is 2.29. The summed E-state index contributed by atoms with van der Waals surface area (Å²) in [5, 5.41) is 0. The molecule has 0 aliphatic heterocycles. The molecule has 1 aliphatic rings. The molecule has 0 saturated heterocycles. The number of alkyl halides is 1. The number of methoxy groups -OCH3 is 1. The average Bonchev–Trinajstić information content (AvgIpc) is 2.59. The Morgan fingerprint density at radius 2 is 2.40 bits per heavy atom. The first-order valence-corrected chi connectivity index (χ1v) is 4.31. The standard InChI is InChI=1S/C8H15ClO/c1-8(3-4-10-2)5-7(8)6-9/h7H,3-6H2,1-2H3. The van der Waals surface area contributed by atoms with Gasteiger partial charge in [0, 0.05) is 19.6 Å². The van der Waals surface area contributed by atoms with Crippen LogP contribution in [0, 0.1) is 11.3 Å². The zero-order valence-corrected chi connectivity index (χ0v) is 7.45. The molecule has 60 valence electrons. The van der Waals surface area contributed by atoms with Gasteiger partial charge in [-0.2, -0.15) is 0 Å². The predicted molar refractivity (Wildman–Crippen MR) is 43.4 cm³/mol. The van der Waals surface area contributed by atoms with Gasteiger partial charge in [0.1, 0.15) is 0 Å². The van der Waals surface area contributed by atoms with Crippen LogP contribution in [0.4, 0.5) is 0 Å². The SMILES string of the molecule is COCCC1(C)CC1CCl. The normalized spacial score (nSPS) is 38.1. The van der Waals surface area contributed by atoms with Gasteiger partial charge in [0.25, 0.3) is 0 Å². The second-order valence-electron chi connectivity index (χ2n) is 3.45. The lowest BCUT2D eigenvalue weighted by molar-refractivity contribution is 0.173. The van der Waals surface area contributed by atoms with Crippen molar-refractivity contribution < 1.29 is 4.74 Å². The lowest BCUT2D eigenvalue weighted by atomic mass is 10.0. The Labute approximate surface area is 67.7 Å². The molecule has 0 aromatic carbocycles. The highest BCUT2D eigenvalue weighted by atomic mass is 35.5. The smallest absolute Gasteiger partial charge is 0.0467 e. The second-order valence-corrected chi connectivity index (χ2v) is 3.76. The summed E-state index contributed by atoms with van der Waals surface area (Å²) in [5.41, 5.74) is 0.512. The minimum atomic E-state index is 0.512. The average molecular weight is 163 g/mol. The first kappa shape index (κ1) is 8.35. The fourth-order valence-corrected chi connectivity index (χ4v) is 1.87. The van der Waals surface area contributed by atoms with E-state index in [0.717, 1.165) is 18.4 Å². The molecule has 0 amide bonds. The van der Waals surface area contributed by atoms with E-state index in [9.17, 15) is 0 Å². The van der Waals surface area contributed by atoms with Crippen molar-refractivity contribution in [3.8, 4) is 0 Å². The van der Waals surface area contributed by atoms with Gasteiger partial charge in [-0.15, -0.1) is 11.6 Å². The van der Waals surface area contributed by atoms with Gasteiger partial charge in [0.2, 0.25) is 0 Å². The van der Waals surface area contributed by atoms with Gasteiger partial charge in [0.05, 0.1) is 0 Å². The third-order valence-electron chi connectivity index (χ3n) is 2.60. The molecule has 2 atom stereocenters. The monoisotopic (exact) mass is 162 g/mol. The molecule has 0 aromatic rings. The maximum atomic E-state index is 5.72. The van der Waals surface area contributed by atoms with E-state index in [-0.39, 0.29) is 0 Å². The molecule has 1 rings (SSSR count). The van der Waals surface area contributed by atoms with Crippen LogP contribution in [0.1, 0.15) is 19.8 Å². The summed E-state index contributed by atoms with van der Waals surface area (Å²) in [6, 6.07) is 0. The van der Waals surface area contributed by atoms with Gasteiger partial charge < -0.3 is 4.74 Å². The number of halogens is 1. The minimum absolute atomic E-state index is 0.512. The Balaban J connectivity index is 2.16. The van der Waals surface area contributed by atoms with Gasteiger partial charge in [-0.3, -0.25) is 0 Å². The molecule has 2 heteroatoms. The van der Waals surface area contributed by atoms with E-state index in [0.29, 0.717) is 5.41 Å². The summed E-state index contributed by atoms with van der Waals surface area (Å²) in [5.74, 6) is 1.57. The fourth-order valence-electron chi connectivity index (χ4n) is 1.39. The number of hydrogen-bond acceptors (Lipinski definition) is 1. The first-order chi connectivity index (χ1) is 4.73. The van der Waals surface area contributed by atoms with E-state index in [1.165, 1.54) is 12.8 Å². The van der Waals surface area contributed by atoms with Gasteiger partial charge in [-0.1, -0.05) is 6.92 Å². The van der Waals surface area contributed by atoms with Crippen LogP contribution < -0.4 is 0 Å². The van der Waals surface area contributed by atoms with Crippen LogP contribution in [0.2, 0.25) is 0 Å². The van der Waals surface area contributed by atoms with Crippen molar-refractivity contribution >= 4 is 11.6 Å². The van der Waals surface area contributed by atoms with Crippen LogP contribution >= 0.6 is 11.6 Å². The van der Waals surface area contributed by atoms with Crippen molar-refractivity contribution in [1.82, 2.24) is 0 Å². The zero-order chi connectivity index (χ0) is 7.61. The van der Waals surface area contributed by atoms with Crippen LogP contribution in [0.25, 0.3) is 0 Å². The van der Waals surface area contributed by atoms with Crippen molar-refractivity contribution in [3.63, 3.8) is 0 Å². The highest BCUT2D eigenvalue weighted by Crippen LogP contribution is 2.55. The molecular weight excluding hydrogens is 148 g/mol. The van der Waals surface area contributed by atoms with Crippen molar-refractivity contribution in [3.05, 3.63) is 0 Å². The van der Waals surface area contributed by atoms with Crippen LogP contribution in [-0.2, 0) is 4.74 Å². The largest absolute Gasteiger partial charge is 0.385 e. The molecule has 1 aliphatic carbocycles. The quantitative estimate of drug-likeness (QED) is 0.577. The third-order valence-corrected chi connectivity index (χ3v) is 2.97. The summed E-state index contributed by atoms with van der Waals surface area (Å²) >= 11 is 5.72. The van der Waals surface area contributed by atoms with E-state index in [4.69, 9.17) is 16.3 Å². The van der Waals surface area contributed by atoms with Crippen LogP contribution in [0.15, 0.2) is 0 Å². The van der Waals surface area contributed by atoms with Gasteiger partial charge in [0.15, 0.2) is 0 Å². The first-order valence-electron chi connectivity index (χ1n) is 3.78. The van der Waals surface area contributed by atoms with E-state index < -0.39 is 0 Å². The summed E-state index contributed by atoms with van der Waals surface area (Å²) in [4.78, 5) is 0. The van der Waals surface area contributed by atoms with Crippen molar-refractivity contribution in [1.29, 1.82) is 0 Å². The lowest BCUT2D eigenvalue weighted by Gasteiger charge is -2.07. The number of hydrogen-bond donors (Lipinski definition) is 0. The van der Waals surface area contributed by atoms with E-state index in [2.05, 4.69) is 6.92 Å². The topological polar surface area (TPSA) is 9.23 Å². The second kappa shape index (κ2) is 3.10. The fraction of sp³-hybridized carbons (Fsp3) is 1.00. The lowest BCUT2D eigenvalue weighted by Crippen LogP contribution is -2.03. The number of ether oxygens (including phenoxy) is 1. The summed E-state index contributed by atoms with van der Waals surface area (Å²) < 4.78 is 5.01. The molecule has 10 heavy (non-hydrogen) atoms. The van der Waals surface area contributed by atoms with Crippen LogP contribution in [0.3, 0.4) is 0 Å². The Kier molecular flexibility index (Phi) is 2.59.